The quantitative estimate of drug-likeness (QED) is 0.768. The first-order valence-corrected chi connectivity index (χ1v) is 9.91. The Hall–Kier alpha value is -2.12. The van der Waals surface area contributed by atoms with Crippen LogP contribution in [0, 0.1) is 0 Å². The van der Waals surface area contributed by atoms with E-state index >= 15 is 0 Å². The number of hydrogen-bond donors (Lipinski definition) is 1. The second kappa shape index (κ2) is 8.12. The second-order valence-corrected chi connectivity index (χ2v) is 8.32. The fraction of sp³-hybridized carbons (Fsp3) is 0.235. The second-order valence-electron chi connectivity index (χ2n) is 5.22. The number of benzene rings is 1. The van der Waals surface area contributed by atoms with Crippen LogP contribution in [0.5, 0.6) is 0 Å². The number of anilines is 1. The van der Waals surface area contributed by atoms with Crippen LogP contribution in [0.25, 0.3) is 6.08 Å². The minimum Gasteiger partial charge on any atom is -0.351 e. The SMILES string of the molecule is C/C(=C\c1cccs1)C(=O)NCCS(=O)(=O)N(C)c1ccccc1. The third-order valence-corrected chi connectivity index (χ3v) is 6.03. The van der Waals surface area contributed by atoms with Crippen LogP contribution in [0.1, 0.15) is 11.8 Å². The standard InChI is InChI=1S/C17H20N2O3S2/c1-14(13-16-9-6-11-23-16)17(20)18-10-12-24(21,22)19(2)15-7-4-3-5-8-15/h3-9,11,13H,10,12H2,1-2H3,(H,18,20)/b14-13+. The highest BCUT2D eigenvalue weighted by Crippen LogP contribution is 2.15. The Morgan fingerprint density at radius 3 is 2.54 bits per heavy atom. The molecule has 1 heterocycles. The summed E-state index contributed by atoms with van der Waals surface area (Å²) in [6, 6.07) is 12.7. The van der Waals surface area contributed by atoms with E-state index < -0.39 is 10.0 Å². The number of nitrogens with one attached hydrogen (secondary N) is 1. The highest BCUT2D eigenvalue weighted by Gasteiger charge is 2.18. The normalized spacial score (nSPS) is 12.0. The summed E-state index contributed by atoms with van der Waals surface area (Å²) in [6.07, 6.45) is 1.78. The highest BCUT2D eigenvalue weighted by atomic mass is 32.2. The van der Waals surface area contributed by atoms with Gasteiger partial charge in [0.25, 0.3) is 0 Å². The zero-order chi connectivity index (χ0) is 17.6. The van der Waals surface area contributed by atoms with Crippen LogP contribution in [0.4, 0.5) is 5.69 Å². The van der Waals surface area contributed by atoms with Gasteiger partial charge in [-0.25, -0.2) is 8.42 Å². The first kappa shape index (κ1) is 18.2. The van der Waals surface area contributed by atoms with Crippen molar-refractivity contribution in [3.63, 3.8) is 0 Å². The molecule has 128 valence electrons. The average molecular weight is 364 g/mol. The van der Waals surface area contributed by atoms with E-state index in [1.807, 2.05) is 23.6 Å². The maximum Gasteiger partial charge on any atom is 0.246 e. The molecular formula is C17H20N2O3S2. The molecule has 0 radical (unpaired) electrons. The van der Waals surface area contributed by atoms with Gasteiger partial charge in [-0.3, -0.25) is 9.10 Å². The van der Waals surface area contributed by atoms with Crippen LogP contribution in [-0.4, -0.2) is 33.7 Å². The molecule has 7 heteroatoms. The van der Waals surface area contributed by atoms with Gasteiger partial charge in [-0.2, -0.15) is 0 Å². The molecule has 24 heavy (non-hydrogen) atoms. The van der Waals surface area contributed by atoms with Crippen LogP contribution in [0.15, 0.2) is 53.4 Å². The van der Waals surface area contributed by atoms with Gasteiger partial charge in [0.15, 0.2) is 0 Å². The van der Waals surface area contributed by atoms with Gasteiger partial charge in [0.05, 0.1) is 11.4 Å². The molecule has 0 unspecified atom stereocenters. The number of amides is 1. The molecule has 0 saturated heterocycles. The molecule has 2 aromatic rings. The molecule has 2 rings (SSSR count). The van der Waals surface area contributed by atoms with Crippen molar-refractivity contribution >= 4 is 39.0 Å². The largest absolute Gasteiger partial charge is 0.351 e. The van der Waals surface area contributed by atoms with Crippen molar-refractivity contribution in [3.05, 3.63) is 58.3 Å². The Kier molecular flexibility index (Phi) is 6.16. The summed E-state index contributed by atoms with van der Waals surface area (Å²) in [4.78, 5) is 13.0. The number of carbonyl (C=O) groups excluding carboxylic acids is 1. The predicted molar refractivity (Wildman–Crippen MR) is 99.6 cm³/mol. The first-order valence-electron chi connectivity index (χ1n) is 7.42. The molecule has 1 aromatic carbocycles. The lowest BCUT2D eigenvalue weighted by molar-refractivity contribution is -0.117. The minimum atomic E-state index is -3.48. The maximum atomic E-state index is 12.3. The lowest BCUT2D eigenvalue weighted by Gasteiger charge is -2.19. The fourth-order valence-corrected chi connectivity index (χ4v) is 3.81. The van der Waals surface area contributed by atoms with Gasteiger partial charge in [-0.05, 0) is 36.6 Å². The van der Waals surface area contributed by atoms with E-state index in [9.17, 15) is 13.2 Å². The molecule has 0 fully saturated rings. The summed E-state index contributed by atoms with van der Waals surface area (Å²) in [6.45, 7) is 1.77. The summed E-state index contributed by atoms with van der Waals surface area (Å²) < 4.78 is 25.8. The van der Waals surface area contributed by atoms with Gasteiger partial charge in [0, 0.05) is 24.0 Å². The number of hydrogen-bond acceptors (Lipinski definition) is 4. The van der Waals surface area contributed by atoms with Gasteiger partial charge in [-0.15, -0.1) is 11.3 Å². The van der Waals surface area contributed by atoms with Crippen molar-refractivity contribution in [2.75, 3.05) is 23.7 Å². The summed E-state index contributed by atoms with van der Waals surface area (Å²) in [5.41, 5.74) is 1.14. The maximum absolute atomic E-state index is 12.3. The molecular weight excluding hydrogens is 344 g/mol. The topological polar surface area (TPSA) is 66.5 Å². The smallest absolute Gasteiger partial charge is 0.246 e. The molecule has 1 N–H and O–H groups in total. The third-order valence-electron chi connectivity index (χ3n) is 3.44. The van der Waals surface area contributed by atoms with E-state index in [1.165, 1.54) is 22.7 Å². The number of para-hydroxylation sites is 1. The van der Waals surface area contributed by atoms with Gasteiger partial charge in [0.1, 0.15) is 0 Å². The molecule has 0 atom stereocenters. The lowest BCUT2D eigenvalue weighted by atomic mass is 10.2. The third kappa shape index (κ3) is 4.94. The van der Waals surface area contributed by atoms with E-state index in [4.69, 9.17) is 0 Å². The summed E-state index contributed by atoms with van der Waals surface area (Å²) in [5.74, 6) is -0.419. The van der Waals surface area contributed by atoms with Crippen LogP contribution < -0.4 is 9.62 Å². The van der Waals surface area contributed by atoms with Gasteiger partial charge < -0.3 is 5.32 Å². The van der Waals surface area contributed by atoms with Crippen molar-refractivity contribution in [2.24, 2.45) is 0 Å². The Morgan fingerprint density at radius 1 is 1.21 bits per heavy atom. The molecule has 0 saturated carbocycles. The van der Waals surface area contributed by atoms with Gasteiger partial charge in [0.2, 0.25) is 15.9 Å². The molecule has 0 aliphatic carbocycles. The molecule has 0 aliphatic heterocycles. The van der Waals surface area contributed by atoms with Crippen molar-refractivity contribution in [1.82, 2.24) is 5.32 Å². The van der Waals surface area contributed by atoms with Crippen molar-refractivity contribution in [3.8, 4) is 0 Å². The number of sulfonamides is 1. The molecule has 1 aromatic heterocycles. The molecule has 0 aliphatic rings. The van der Waals surface area contributed by atoms with E-state index in [0.29, 0.717) is 11.3 Å². The minimum absolute atomic E-state index is 0.0635. The van der Waals surface area contributed by atoms with Crippen LogP contribution in [0.3, 0.4) is 0 Å². The summed E-state index contributed by atoms with van der Waals surface area (Å²) in [5, 5.41) is 4.58. The fourth-order valence-electron chi connectivity index (χ4n) is 2.02. The van der Waals surface area contributed by atoms with E-state index in [-0.39, 0.29) is 18.2 Å². The monoisotopic (exact) mass is 364 g/mol. The van der Waals surface area contributed by atoms with E-state index in [2.05, 4.69) is 5.32 Å². The number of nitrogens with zero attached hydrogens (tertiary/aromatic N) is 1. The van der Waals surface area contributed by atoms with Gasteiger partial charge >= 0.3 is 0 Å². The Labute approximate surface area is 146 Å². The summed E-state index contributed by atoms with van der Waals surface area (Å²) >= 11 is 1.54. The first-order chi connectivity index (χ1) is 11.4. The van der Waals surface area contributed by atoms with Crippen molar-refractivity contribution in [2.45, 2.75) is 6.92 Å². The van der Waals surface area contributed by atoms with Gasteiger partial charge in [-0.1, -0.05) is 24.3 Å². The lowest BCUT2D eigenvalue weighted by Crippen LogP contribution is -2.35. The van der Waals surface area contributed by atoms with Crippen molar-refractivity contribution < 1.29 is 13.2 Å². The summed E-state index contributed by atoms with van der Waals surface area (Å²) in [7, 11) is -1.98. The number of rotatable bonds is 7. The number of carbonyl (C=O) groups is 1. The van der Waals surface area contributed by atoms with E-state index in [0.717, 1.165) is 4.88 Å². The Bertz CT molecular complexity index is 798. The van der Waals surface area contributed by atoms with E-state index in [1.54, 1.807) is 37.3 Å². The van der Waals surface area contributed by atoms with Crippen LogP contribution in [-0.2, 0) is 14.8 Å². The van der Waals surface area contributed by atoms with Crippen LogP contribution in [0.2, 0.25) is 0 Å². The average Bonchev–Trinajstić information content (AvgIpc) is 3.07. The Morgan fingerprint density at radius 2 is 1.92 bits per heavy atom. The Balaban J connectivity index is 1.90. The van der Waals surface area contributed by atoms with Crippen LogP contribution >= 0.6 is 11.3 Å². The van der Waals surface area contributed by atoms with Crippen molar-refractivity contribution in [1.29, 1.82) is 0 Å². The predicted octanol–water partition coefficient (Wildman–Crippen LogP) is 2.73. The molecule has 0 bridgehead atoms. The zero-order valence-electron chi connectivity index (χ0n) is 13.6. The zero-order valence-corrected chi connectivity index (χ0v) is 15.2. The highest BCUT2D eigenvalue weighted by molar-refractivity contribution is 7.92. The number of thiophene rings is 1. The molecule has 1 amide bonds. The molecule has 0 spiro atoms. The molecule has 5 nitrogen and oxygen atoms in total.